The van der Waals surface area contributed by atoms with E-state index in [1.54, 1.807) is 0 Å². The summed E-state index contributed by atoms with van der Waals surface area (Å²) in [6, 6.07) is 1.53. The van der Waals surface area contributed by atoms with Crippen LogP contribution in [-0.4, -0.2) is 38.3 Å². The van der Waals surface area contributed by atoms with E-state index in [0.29, 0.717) is 13.0 Å². The third-order valence-corrected chi connectivity index (χ3v) is 4.03. The molecule has 0 aliphatic carbocycles. The largest absolute Gasteiger partial charge is 0.478 e. The van der Waals surface area contributed by atoms with E-state index in [4.69, 9.17) is 5.11 Å². The first-order valence-electron chi connectivity index (χ1n) is 6.39. The molecule has 0 atom stereocenters. The van der Waals surface area contributed by atoms with Gasteiger partial charge in [-0.2, -0.15) is 0 Å². The van der Waals surface area contributed by atoms with Gasteiger partial charge in [0.2, 0.25) is 5.91 Å². The van der Waals surface area contributed by atoms with Crippen molar-refractivity contribution in [3.05, 3.63) is 33.5 Å². The van der Waals surface area contributed by atoms with Crippen LogP contribution in [0.4, 0.5) is 0 Å². The fourth-order valence-electron chi connectivity index (χ4n) is 1.79. The van der Waals surface area contributed by atoms with Crippen LogP contribution < -0.4 is 5.32 Å². The molecule has 0 aromatic carbocycles. The summed E-state index contributed by atoms with van der Waals surface area (Å²) in [5.41, 5.74) is 0.220. The molecule has 0 unspecified atom stereocenters. The fraction of sp³-hybridized carbons (Fsp3) is 0.385. The Bertz CT molecular complexity index is 662. The Kier molecular flexibility index (Phi) is 4.69. The van der Waals surface area contributed by atoms with Gasteiger partial charge in [0, 0.05) is 30.3 Å². The molecule has 2 rings (SSSR count). The van der Waals surface area contributed by atoms with Crippen LogP contribution in [0.2, 0.25) is 0 Å². The van der Waals surface area contributed by atoms with Crippen LogP contribution in [0.5, 0.6) is 0 Å². The molecule has 2 aromatic rings. The number of hydrogen-bond acceptors (Lipinski definition) is 5. The Labute approximate surface area is 125 Å². The van der Waals surface area contributed by atoms with Crippen molar-refractivity contribution >= 4 is 23.2 Å². The summed E-state index contributed by atoms with van der Waals surface area (Å²) in [6.07, 6.45) is 0.795. The SMILES string of the molecule is Cc1nnc(CCNC(=O)Cc2cc(C(=O)O)cs2)n1C. The predicted molar refractivity (Wildman–Crippen MR) is 77.4 cm³/mol. The average Bonchev–Trinajstić information content (AvgIpc) is 3.00. The van der Waals surface area contributed by atoms with Gasteiger partial charge in [-0.1, -0.05) is 0 Å². The van der Waals surface area contributed by atoms with Crippen LogP contribution in [-0.2, 0) is 24.7 Å². The Morgan fingerprint density at radius 2 is 2.19 bits per heavy atom. The molecule has 2 heterocycles. The van der Waals surface area contributed by atoms with Crippen LogP contribution in [0.15, 0.2) is 11.4 Å². The molecule has 0 aliphatic rings. The maximum absolute atomic E-state index is 11.8. The molecule has 112 valence electrons. The summed E-state index contributed by atoms with van der Waals surface area (Å²) >= 11 is 1.27. The van der Waals surface area contributed by atoms with Crippen LogP contribution in [0.1, 0.15) is 26.9 Å². The summed E-state index contributed by atoms with van der Waals surface area (Å²) in [6.45, 7) is 2.34. The second-order valence-electron chi connectivity index (χ2n) is 4.61. The topological polar surface area (TPSA) is 97.1 Å². The number of nitrogens with zero attached hydrogens (tertiary/aromatic N) is 3. The molecule has 21 heavy (non-hydrogen) atoms. The van der Waals surface area contributed by atoms with E-state index in [-0.39, 0.29) is 17.9 Å². The molecule has 8 heteroatoms. The van der Waals surface area contributed by atoms with Gasteiger partial charge in [-0.05, 0) is 13.0 Å². The highest BCUT2D eigenvalue weighted by Crippen LogP contribution is 2.15. The summed E-state index contributed by atoms with van der Waals surface area (Å²) in [5.74, 6) is 0.538. The number of nitrogens with one attached hydrogen (secondary N) is 1. The Morgan fingerprint density at radius 3 is 2.76 bits per heavy atom. The fourth-order valence-corrected chi connectivity index (χ4v) is 2.65. The van der Waals surface area contributed by atoms with Gasteiger partial charge in [0.1, 0.15) is 11.6 Å². The van der Waals surface area contributed by atoms with E-state index in [0.717, 1.165) is 16.5 Å². The molecule has 7 nitrogen and oxygen atoms in total. The van der Waals surface area contributed by atoms with Gasteiger partial charge in [0.15, 0.2) is 0 Å². The van der Waals surface area contributed by atoms with Crippen molar-refractivity contribution in [3.8, 4) is 0 Å². The summed E-state index contributed by atoms with van der Waals surface area (Å²) in [5, 5.41) is 21.1. The van der Waals surface area contributed by atoms with Crippen molar-refractivity contribution in [2.75, 3.05) is 6.54 Å². The molecule has 0 bridgehead atoms. The third kappa shape index (κ3) is 3.88. The molecule has 2 aromatic heterocycles. The number of aromatic nitrogens is 3. The number of carbonyl (C=O) groups is 2. The van der Waals surface area contributed by atoms with E-state index in [9.17, 15) is 9.59 Å². The molecule has 0 spiro atoms. The molecule has 0 saturated heterocycles. The van der Waals surface area contributed by atoms with Gasteiger partial charge in [0.05, 0.1) is 12.0 Å². The van der Waals surface area contributed by atoms with Crippen molar-refractivity contribution in [1.29, 1.82) is 0 Å². The van der Waals surface area contributed by atoms with Crippen molar-refractivity contribution in [3.63, 3.8) is 0 Å². The van der Waals surface area contributed by atoms with Crippen molar-refractivity contribution in [2.45, 2.75) is 19.8 Å². The minimum absolute atomic E-state index is 0.132. The first kappa shape index (κ1) is 15.2. The number of carbonyl (C=O) groups excluding carboxylic acids is 1. The molecule has 0 aliphatic heterocycles. The molecule has 0 fully saturated rings. The molecular formula is C13H16N4O3S. The second kappa shape index (κ2) is 6.49. The zero-order valence-corrected chi connectivity index (χ0v) is 12.6. The minimum Gasteiger partial charge on any atom is -0.478 e. The van der Waals surface area contributed by atoms with Crippen LogP contribution in [0.25, 0.3) is 0 Å². The van der Waals surface area contributed by atoms with Gasteiger partial charge in [-0.25, -0.2) is 4.79 Å². The molecule has 2 N–H and O–H groups in total. The number of rotatable bonds is 6. The van der Waals surface area contributed by atoms with Crippen molar-refractivity contribution in [1.82, 2.24) is 20.1 Å². The molecule has 0 saturated carbocycles. The number of aryl methyl sites for hydroxylation is 1. The van der Waals surface area contributed by atoms with E-state index < -0.39 is 5.97 Å². The molecule has 1 amide bonds. The lowest BCUT2D eigenvalue weighted by Crippen LogP contribution is -2.27. The van der Waals surface area contributed by atoms with Crippen molar-refractivity contribution in [2.24, 2.45) is 7.05 Å². The number of carboxylic acid groups (broad SMARTS) is 1. The van der Waals surface area contributed by atoms with E-state index >= 15 is 0 Å². The monoisotopic (exact) mass is 308 g/mol. The number of hydrogen-bond donors (Lipinski definition) is 2. The molecular weight excluding hydrogens is 292 g/mol. The number of carboxylic acids is 1. The maximum Gasteiger partial charge on any atom is 0.336 e. The lowest BCUT2D eigenvalue weighted by molar-refractivity contribution is -0.120. The van der Waals surface area contributed by atoms with Crippen molar-refractivity contribution < 1.29 is 14.7 Å². The van der Waals surface area contributed by atoms with Crippen LogP contribution in [0, 0.1) is 6.92 Å². The Balaban J connectivity index is 1.79. The summed E-state index contributed by atoms with van der Waals surface area (Å²) in [7, 11) is 1.88. The minimum atomic E-state index is -0.976. The predicted octanol–water partition coefficient (Wildman–Crippen LogP) is 0.785. The quantitative estimate of drug-likeness (QED) is 0.822. The van der Waals surface area contributed by atoms with Crippen LogP contribution in [0.3, 0.4) is 0 Å². The zero-order chi connectivity index (χ0) is 15.4. The second-order valence-corrected chi connectivity index (χ2v) is 5.60. The first-order valence-corrected chi connectivity index (χ1v) is 7.27. The normalized spacial score (nSPS) is 10.6. The van der Waals surface area contributed by atoms with E-state index in [2.05, 4.69) is 15.5 Å². The van der Waals surface area contributed by atoms with E-state index in [1.165, 1.54) is 22.8 Å². The zero-order valence-electron chi connectivity index (χ0n) is 11.8. The smallest absolute Gasteiger partial charge is 0.336 e. The average molecular weight is 308 g/mol. The van der Waals surface area contributed by atoms with Gasteiger partial charge in [-0.15, -0.1) is 21.5 Å². The first-order chi connectivity index (χ1) is 9.97. The highest BCUT2D eigenvalue weighted by atomic mass is 32.1. The lowest BCUT2D eigenvalue weighted by atomic mass is 10.2. The third-order valence-electron chi connectivity index (χ3n) is 3.09. The summed E-state index contributed by atoms with van der Waals surface area (Å²) < 4.78 is 1.88. The lowest BCUT2D eigenvalue weighted by Gasteiger charge is -2.04. The number of aromatic carboxylic acids is 1. The maximum atomic E-state index is 11.8. The highest BCUT2D eigenvalue weighted by molar-refractivity contribution is 7.10. The highest BCUT2D eigenvalue weighted by Gasteiger charge is 2.10. The van der Waals surface area contributed by atoms with Crippen LogP contribution >= 0.6 is 11.3 Å². The van der Waals surface area contributed by atoms with Gasteiger partial charge in [0.25, 0.3) is 0 Å². The Hall–Kier alpha value is -2.22. The number of thiophene rings is 1. The van der Waals surface area contributed by atoms with Gasteiger partial charge < -0.3 is 15.0 Å². The molecule has 0 radical (unpaired) electrons. The van der Waals surface area contributed by atoms with Gasteiger partial charge in [-0.3, -0.25) is 4.79 Å². The standard InChI is InChI=1S/C13H16N4O3S/c1-8-15-16-11(17(8)2)3-4-14-12(18)6-10-5-9(7-21-10)13(19)20/h5,7H,3-4,6H2,1-2H3,(H,14,18)(H,19,20). The Morgan fingerprint density at radius 1 is 1.43 bits per heavy atom. The summed E-state index contributed by atoms with van der Waals surface area (Å²) in [4.78, 5) is 23.3. The van der Waals surface area contributed by atoms with E-state index in [1.807, 2.05) is 18.5 Å². The number of amides is 1. The van der Waals surface area contributed by atoms with Gasteiger partial charge >= 0.3 is 5.97 Å².